The number of hydrogen-bond acceptors (Lipinski definition) is 6. The van der Waals surface area contributed by atoms with Gasteiger partial charge < -0.3 is 4.74 Å². The van der Waals surface area contributed by atoms with E-state index in [2.05, 4.69) is 20.1 Å². The highest BCUT2D eigenvalue weighted by molar-refractivity contribution is 7.91. The number of nitrogens with zero attached hydrogens (tertiary/aromatic N) is 3. The molecule has 1 aliphatic rings. The molecule has 0 bridgehead atoms. The molecule has 124 valence electrons. The van der Waals surface area contributed by atoms with E-state index in [1.807, 2.05) is 13.0 Å². The van der Waals surface area contributed by atoms with E-state index in [9.17, 15) is 8.42 Å². The van der Waals surface area contributed by atoms with E-state index < -0.39 is 9.84 Å². The lowest BCUT2D eigenvalue weighted by Gasteiger charge is -2.31. The SMILES string of the molecule is Cc1nc(C2CN(CCS(=O)(=O)c3ccccc3)CCO2)n[nH]1. The lowest BCUT2D eigenvalue weighted by Crippen LogP contribution is -2.41. The van der Waals surface area contributed by atoms with Crippen molar-refractivity contribution in [3.63, 3.8) is 0 Å². The molecule has 1 fully saturated rings. The molecule has 1 aromatic heterocycles. The average molecular weight is 336 g/mol. The molecular formula is C15H20N4O3S. The Morgan fingerprint density at radius 2 is 2.13 bits per heavy atom. The van der Waals surface area contributed by atoms with Crippen molar-refractivity contribution in [3.05, 3.63) is 42.0 Å². The molecule has 23 heavy (non-hydrogen) atoms. The van der Waals surface area contributed by atoms with Gasteiger partial charge in [0.15, 0.2) is 15.7 Å². The molecule has 1 saturated heterocycles. The molecule has 2 aromatic rings. The third kappa shape index (κ3) is 3.95. The van der Waals surface area contributed by atoms with Crippen molar-refractivity contribution >= 4 is 9.84 Å². The Bertz CT molecular complexity index is 745. The summed E-state index contributed by atoms with van der Waals surface area (Å²) in [6, 6.07) is 8.55. The van der Waals surface area contributed by atoms with Gasteiger partial charge in [-0.05, 0) is 19.1 Å². The van der Waals surface area contributed by atoms with E-state index >= 15 is 0 Å². The standard InChI is InChI=1S/C15H20N4O3S/c1-12-16-15(18-17-12)14-11-19(7-9-22-14)8-10-23(20,21)13-5-3-2-4-6-13/h2-6,14H,7-11H2,1H3,(H,16,17,18). The molecule has 1 aromatic carbocycles. The third-order valence-electron chi connectivity index (χ3n) is 3.83. The molecule has 1 aliphatic heterocycles. The fourth-order valence-electron chi connectivity index (χ4n) is 2.56. The van der Waals surface area contributed by atoms with Gasteiger partial charge in [-0.2, -0.15) is 5.10 Å². The number of morpholine rings is 1. The van der Waals surface area contributed by atoms with Crippen molar-refractivity contribution in [3.8, 4) is 0 Å². The Labute approximate surface area is 135 Å². The lowest BCUT2D eigenvalue weighted by molar-refractivity contribution is -0.0321. The zero-order valence-corrected chi connectivity index (χ0v) is 13.8. The molecule has 7 nitrogen and oxygen atoms in total. The second-order valence-corrected chi connectivity index (χ2v) is 7.68. The predicted octanol–water partition coefficient (Wildman–Crippen LogP) is 0.960. The summed E-state index contributed by atoms with van der Waals surface area (Å²) in [5.74, 6) is 1.46. The van der Waals surface area contributed by atoms with E-state index in [0.29, 0.717) is 37.0 Å². The van der Waals surface area contributed by atoms with E-state index in [-0.39, 0.29) is 11.9 Å². The maximum atomic E-state index is 12.3. The second-order valence-electron chi connectivity index (χ2n) is 5.57. The van der Waals surface area contributed by atoms with Crippen LogP contribution >= 0.6 is 0 Å². The molecule has 3 rings (SSSR count). The molecular weight excluding hydrogens is 316 g/mol. The molecule has 0 amide bonds. The molecule has 0 aliphatic carbocycles. The molecule has 1 unspecified atom stereocenters. The van der Waals surface area contributed by atoms with Crippen molar-refractivity contribution in [2.75, 3.05) is 32.0 Å². The number of H-pyrrole nitrogens is 1. The van der Waals surface area contributed by atoms with Gasteiger partial charge in [0, 0.05) is 19.6 Å². The monoisotopic (exact) mass is 336 g/mol. The minimum atomic E-state index is -3.26. The van der Waals surface area contributed by atoms with Crippen LogP contribution in [0.5, 0.6) is 0 Å². The number of ether oxygens (including phenoxy) is 1. The smallest absolute Gasteiger partial charge is 0.180 e. The minimum absolute atomic E-state index is 0.0940. The Hall–Kier alpha value is -1.77. The van der Waals surface area contributed by atoms with Gasteiger partial charge in [-0.3, -0.25) is 10.00 Å². The summed E-state index contributed by atoms with van der Waals surface area (Å²) in [5, 5.41) is 6.93. The number of sulfone groups is 1. The molecule has 0 saturated carbocycles. The summed E-state index contributed by atoms with van der Waals surface area (Å²) in [6.07, 6.45) is -0.215. The van der Waals surface area contributed by atoms with Crippen LogP contribution in [0.4, 0.5) is 0 Å². The van der Waals surface area contributed by atoms with Crippen molar-refractivity contribution in [2.45, 2.75) is 17.9 Å². The Balaban J connectivity index is 1.60. The number of hydrogen-bond donors (Lipinski definition) is 1. The van der Waals surface area contributed by atoms with Crippen LogP contribution in [0.1, 0.15) is 17.8 Å². The normalized spacial score (nSPS) is 19.8. The van der Waals surface area contributed by atoms with Crippen molar-refractivity contribution < 1.29 is 13.2 Å². The summed E-state index contributed by atoms with van der Waals surface area (Å²) in [5.41, 5.74) is 0. The maximum absolute atomic E-state index is 12.3. The summed E-state index contributed by atoms with van der Waals surface area (Å²) >= 11 is 0. The maximum Gasteiger partial charge on any atom is 0.180 e. The van der Waals surface area contributed by atoms with E-state index in [4.69, 9.17) is 4.74 Å². The number of aromatic nitrogens is 3. The van der Waals surface area contributed by atoms with Crippen LogP contribution in [0, 0.1) is 6.92 Å². The van der Waals surface area contributed by atoms with Gasteiger partial charge in [0.25, 0.3) is 0 Å². The summed E-state index contributed by atoms with van der Waals surface area (Å²) in [6.45, 7) is 4.17. The van der Waals surface area contributed by atoms with Gasteiger partial charge in [-0.1, -0.05) is 18.2 Å². The number of nitrogens with one attached hydrogen (secondary N) is 1. The predicted molar refractivity (Wildman–Crippen MR) is 84.7 cm³/mol. The molecule has 1 N–H and O–H groups in total. The van der Waals surface area contributed by atoms with Gasteiger partial charge in [0.1, 0.15) is 11.9 Å². The lowest BCUT2D eigenvalue weighted by atomic mass is 10.2. The number of aryl methyl sites for hydroxylation is 1. The van der Waals surface area contributed by atoms with Crippen LogP contribution < -0.4 is 0 Å². The van der Waals surface area contributed by atoms with E-state index in [1.54, 1.807) is 24.3 Å². The van der Waals surface area contributed by atoms with Crippen molar-refractivity contribution in [1.82, 2.24) is 20.1 Å². The first-order chi connectivity index (χ1) is 11.0. The summed E-state index contributed by atoms with van der Waals surface area (Å²) < 4.78 is 30.4. The first-order valence-corrected chi connectivity index (χ1v) is 9.20. The van der Waals surface area contributed by atoms with Crippen molar-refractivity contribution in [2.24, 2.45) is 0 Å². The van der Waals surface area contributed by atoms with Gasteiger partial charge in [-0.15, -0.1) is 0 Å². The average Bonchev–Trinajstić information content (AvgIpc) is 3.01. The van der Waals surface area contributed by atoms with Gasteiger partial charge >= 0.3 is 0 Å². The van der Waals surface area contributed by atoms with Crippen LogP contribution in [0.3, 0.4) is 0 Å². The highest BCUT2D eigenvalue weighted by atomic mass is 32.2. The van der Waals surface area contributed by atoms with Crippen LogP contribution in [0.25, 0.3) is 0 Å². The van der Waals surface area contributed by atoms with Gasteiger partial charge in [0.05, 0.1) is 17.3 Å². The van der Waals surface area contributed by atoms with E-state index in [1.165, 1.54) is 0 Å². The Morgan fingerprint density at radius 1 is 1.35 bits per heavy atom. The number of benzene rings is 1. The highest BCUT2D eigenvalue weighted by Gasteiger charge is 2.26. The van der Waals surface area contributed by atoms with E-state index in [0.717, 1.165) is 5.82 Å². The first-order valence-electron chi connectivity index (χ1n) is 7.55. The molecule has 2 heterocycles. The van der Waals surface area contributed by atoms with Crippen LogP contribution in [0.15, 0.2) is 35.2 Å². The van der Waals surface area contributed by atoms with Crippen LogP contribution in [0.2, 0.25) is 0 Å². The second kappa shape index (κ2) is 6.77. The summed E-state index contributed by atoms with van der Waals surface area (Å²) in [7, 11) is -3.26. The van der Waals surface area contributed by atoms with Crippen LogP contribution in [-0.2, 0) is 14.6 Å². The first kappa shape index (κ1) is 16.1. The fraction of sp³-hybridized carbons (Fsp3) is 0.467. The zero-order valence-electron chi connectivity index (χ0n) is 13.0. The summed E-state index contributed by atoms with van der Waals surface area (Å²) in [4.78, 5) is 6.74. The zero-order chi connectivity index (χ0) is 16.3. The molecule has 0 spiro atoms. The van der Waals surface area contributed by atoms with Gasteiger partial charge in [-0.25, -0.2) is 13.4 Å². The van der Waals surface area contributed by atoms with Gasteiger partial charge in [0.2, 0.25) is 0 Å². The quantitative estimate of drug-likeness (QED) is 0.875. The minimum Gasteiger partial charge on any atom is -0.367 e. The largest absolute Gasteiger partial charge is 0.367 e. The number of aromatic amines is 1. The van der Waals surface area contributed by atoms with Crippen LogP contribution in [-0.4, -0.2) is 60.5 Å². The van der Waals surface area contributed by atoms with Crippen molar-refractivity contribution in [1.29, 1.82) is 0 Å². The fourth-order valence-corrected chi connectivity index (χ4v) is 3.87. The Morgan fingerprint density at radius 3 is 2.83 bits per heavy atom. The topological polar surface area (TPSA) is 88.2 Å². The molecule has 1 atom stereocenters. The third-order valence-corrected chi connectivity index (χ3v) is 5.54. The highest BCUT2D eigenvalue weighted by Crippen LogP contribution is 2.19. The number of rotatable bonds is 5. The Kier molecular flexibility index (Phi) is 4.74. The molecule has 8 heteroatoms. The molecule has 0 radical (unpaired) electrons.